The lowest BCUT2D eigenvalue weighted by Gasteiger charge is -2.30. The largest absolute Gasteiger partial charge is 0.493 e. The normalized spacial score (nSPS) is 19.3. The molecule has 0 atom stereocenters. The Kier molecular flexibility index (Phi) is 8.30. The Morgan fingerprint density at radius 2 is 1.77 bits per heavy atom. The number of aromatic amines is 1. The third kappa shape index (κ3) is 6.41. The van der Waals surface area contributed by atoms with Crippen molar-refractivity contribution in [1.29, 1.82) is 0 Å². The molecule has 2 aliphatic carbocycles. The highest BCUT2D eigenvalue weighted by atomic mass is 19.3. The molecule has 40 heavy (non-hydrogen) atoms. The van der Waals surface area contributed by atoms with E-state index in [2.05, 4.69) is 25.6 Å². The van der Waals surface area contributed by atoms with E-state index >= 15 is 0 Å². The van der Waals surface area contributed by atoms with Crippen molar-refractivity contribution < 1.29 is 23.1 Å². The smallest absolute Gasteiger partial charge is 0.263 e. The highest BCUT2D eigenvalue weighted by Gasteiger charge is 2.28. The van der Waals surface area contributed by atoms with Crippen molar-refractivity contribution in [2.45, 2.75) is 64.0 Å². The predicted molar refractivity (Wildman–Crippen MR) is 147 cm³/mol. The van der Waals surface area contributed by atoms with Crippen molar-refractivity contribution in [3.63, 3.8) is 0 Å². The number of carbonyl (C=O) groups excluding carboxylic acids is 2. The second kappa shape index (κ2) is 11.9. The molecule has 0 aliphatic heterocycles. The molecule has 2 amide bonds. The van der Waals surface area contributed by atoms with Crippen LogP contribution in [0.4, 0.5) is 8.78 Å². The number of rotatable bonds is 10. The van der Waals surface area contributed by atoms with Gasteiger partial charge in [0.15, 0.2) is 0 Å². The van der Waals surface area contributed by atoms with Crippen molar-refractivity contribution in [1.82, 2.24) is 30.5 Å². The first-order valence-electron chi connectivity index (χ1n) is 13.8. The first kappa shape index (κ1) is 27.9. The minimum atomic E-state index is -2.64. The maximum absolute atomic E-state index is 13.6. The van der Waals surface area contributed by atoms with Gasteiger partial charge in [0.1, 0.15) is 23.3 Å². The fourth-order valence-electron chi connectivity index (χ4n) is 5.29. The van der Waals surface area contributed by atoms with Gasteiger partial charge < -0.3 is 25.3 Å². The molecule has 3 aromatic rings. The van der Waals surface area contributed by atoms with Gasteiger partial charge in [0.2, 0.25) is 5.91 Å². The number of amides is 2. The standard InChI is InChI=1S/C29H36F2N6O3/c1-16-24(29(39)36-20-9-7-19(8-10-20)35-23(38)13-37(2)3)26-27(34-16)25(32-15-33-26)21-12-18(28(30)31)6-11-22(21)40-14-17-4-5-17/h6,11-12,15,17,19-20,28,34H,4-5,7-10,13-14H2,1-3H3,(H,35,38)(H,36,39). The van der Waals surface area contributed by atoms with E-state index < -0.39 is 6.43 Å². The molecule has 5 rings (SSSR count). The summed E-state index contributed by atoms with van der Waals surface area (Å²) in [6.45, 7) is 2.66. The first-order valence-corrected chi connectivity index (χ1v) is 13.8. The van der Waals surface area contributed by atoms with Crippen LogP contribution in [-0.2, 0) is 4.79 Å². The van der Waals surface area contributed by atoms with Crippen molar-refractivity contribution in [3.8, 4) is 17.0 Å². The lowest BCUT2D eigenvalue weighted by Crippen LogP contribution is -2.45. The van der Waals surface area contributed by atoms with Gasteiger partial charge in [0.05, 0.1) is 24.2 Å². The zero-order chi connectivity index (χ0) is 28.4. The zero-order valence-corrected chi connectivity index (χ0v) is 23.1. The van der Waals surface area contributed by atoms with Crippen LogP contribution in [0.2, 0.25) is 0 Å². The molecule has 2 aliphatic rings. The van der Waals surface area contributed by atoms with E-state index in [9.17, 15) is 18.4 Å². The number of aromatic nitrogens is 3. The second-order valence-electron chi connectivity index (χ2n) is 11.2. The topological polar surface area (TPSA) is 112 Å². The van der Waals surface area contributed by atoms with Gasteiger partial charge in [0.25, 0.3) is 12.3 Å². The monoisotopic (exact) mass is 554 g/mol. The Hall–Kier alpha value is -3.60. The Morgan fingerprint density at radius 3 is 2.42 bits per heavy atom. The van der Waals surface area contributed by atoms with Gasteiger partial charge in [-0.15, -0.1) is 0 Å². The van der Waals surface area contributed by atoms with E-state index in [1.807, 2.05) is 19.0 Å². The summed E-state index contributed by atoms with van der Waals surface area (Å²) < 4.78 is 33.2. The Bertz CT molecular complexity index is 1380. The molecular weight excluding hydrogens is 518 g/mol. The molecule has 2 aromatic heterocycles. The third-order valence-corrected chi connectivity index (χ3v) is 7.57. The van der Waals surface area contributed by atoms with Crippen LogP contribution in [0.5, 0.6) is 5.75 Å². The minimum Gasteiger partial charge on any atom is -0.493 e. The molecule has 0 spiro atoms. The van der Waals surface area contributed by atoms with Crippen LogP contribution in [0.1, 0.15) is 66.6 Å². The number of nitrogens with zero attached hydrogens (tertiary/aromatic N) is 3. The zero-order valence-electron chi connectivity index (χ0n) is 23.1. The Balaban J connectivity index is 1.35. The lowest BCUT2D eigenvalue weighted by molar-refractivity contribution is -0.122. The summed E-state index contributed by atoms with van der Waals surface area (Å²) in [5, 5.41) is 6.20. The molecule has 9 nitrogen and oxygen atoms in total. The molecule has 1 aromatic carbocycles. The molecule has 0 saturated heterocycles. The van der Waals surface area contributed by atoms with E-state index in [4.69, 9.17) is 4.74 Å². The third-order valence-electron chi connectivity index (χ3n) is 7.57. The first-order chi connectivity index (χ1) is 19.2. The van der Waals surface area contributed by atoms with Crippen molar-refractivity contribution in [2.75, 3.05) is 27.2 Å². The number of aryl methyl sites for hydroxylation is 1. The number of benzene rings is 1. The van der Waals surface area contributed by atoms with Crippen LogP contribution >= 0.6 is 0 Å². The van der Waals surface area contributed by atoms with Crippen LogP contribution in [0.3, 0.4) is 0 Å². The van der Waals surface area contributed by atoms with Gasteiger partial charge in [-0.05, 0) is 83.7 Å². The number of hydrogen-bond acceptors (Lipinski definition) is 6. The highest BCUT2D eigenvalue weighted by molar-refractivity contribution is 6.09. The van der Waals surface area contributed by atoms with Crippen molar-refractivity contribution >= 4 is 22.8 Å². The summed E-state index contributed by atoms with van der Waals surface area (Å²) >= 11 is 0. The quantitative estimate of drug-likeness (QED) is 0.343. The molecular formula is C29H36F2N6O3. The summed E-state index contributed by atoms with van der Waals surface area (Å²) in [5.74, 6) is 0.715. The maximum atomic E-state index is 13.6. The summed E-state index contributed by atoms with van der Waals surface area (Å²) in [7, 11) is 3.71. The highest BCUT2D eigenvalue weighted by Crippen LogP contribution is 2.38. The minimum absolute atomic E-state index is 0.00238. The summed E-state index contributed by atoms with van der Waals surface area (Å²) in [4.78, 5) is 39.4. The molecule has 0 unspecified atom stereocenters. The van der Waals surface area contributed by atoms with Crippen molar-refractivity contribution in [2.24, 2.45) is 5.92 Å². The number of halogens is 2. The van der Waals surface area contributed by atoms with E-state index in [0.29, 0.717) is 58.4 Å². The van der Waals surface area contributed by atoms with Crippen LogP contribution in [0, 0.1) is 12.8 Å². The van der Waals surface area contributed by atoms with Gasteiger partial charge in [0, 0.05) is 28.9 Å². The average Bonchev–Trinajstić information content (AvgIpc) is 3.67. The number of nitrogens with one attached hydrogen (secondary N) is 3. The number of carbonyl (C=O) groups is 2. The predicted octanol–water partition coefficient (Wildman–Crippen LogP) is 4.38. The molecule has 3 N–H and O–H groups in total. The van der Waals surface area contributed by atoms with E-state index in [1.54, 1.807) is 13.0 Å². The molecule has 2 saturated carbocycles. The average molecular weight is 555 g/mol. The van der Waals surface area contributed by atoms with Crippen LogP contribution in [-0.4, -0.2) is 71.0 Å². The molecule has 2 fully saturated rings. The molecule has 11 heteroatoms. The summed E-state index contributed by atoms with van der Waals surface area (Å²) in [5.41, 5.74) is 2.67. The molecule has 0 radical (unpaired) electrons. The van der Waals surface area contributed by atoms with Crippen LogP contribution < -0.4 is 15.4 Å². The van der Waals surface area contributed by atoms with Crippen LogP contribution in [0.15, 0.2) is 24.5 Å². The number of H-pyrrole nitrogens is 1. The van der Waals surface area contributed by atoms with Crippen molar-refractivity contribution in [3.05, 3.63) is 41.3 Å². The van der Waals surface area contributed by atoms with Gasteiger partial charge in [-0.1, -0.05) is 0 Å². The molecule has 0 bridgehead atoms. The lowest BCUT2D eigenvalue weighted by atomic mass is 9.91. The fraction of sp³-hybridized carbons (Fsp3) is 0.517. The number of likely N-dealkylation sites (N-methyl/N-ethyl adjacent to an activating group) is 1. The Morgan fingerprint density at radius 1 is 1.07 bits per heavy atom. The molecule has 2 heterocycles. The maximum Gasteiger partial charge on any atom is 0.263 e. The van der Waals surface area contributed by atoms with Gasteiger partial charge >= 0.3 is 0 Å². The summed E-state index contributed by atoms with van der Waals surface area (Å²) in [6.07, 6.45) is 3.98. The van der Waals surface area contributed by atoms with Gasteiger partial charge in [-0.3, -0.25) is 9.59 Å². The number of fused-ring (bicyclic) bond motifs is 1. The van der Waals surface area contributed by atoms with Crippen LogP contribution in [0.25, 0.3) is 22.3 Å². The number of ether oxygens (including phenoxy) is 1. The van der Waals surface area contributed by atoms with E-state index in [-0.39, 0.29) is 29.5 Å². The number of alkyl halides is 2. The summed E-state index contributed by atoms with van der Waals surface area (Å²) in [6, 6.07) is 4.42. The Labute approximate surface area is 232 Å². The van der Waals surface area contributed by atoms with Gasteiger partial charge in [-0.25, -0.2) is 18.7 Å². The number of hydrogen-bond donors (Lipinski definition) is 3. The molecule has 214 valence electrons. The van der Waals surface area contributed by atoms with E-state index in [1.165, 1.54) is 18.5 Å². The fourth-order valence-corrected chi connectivity index (χ4v) is 5.29. The SMILES string of the molecule is Cc1[nH]c2c(-c3cc(C(F)F)ccc3OCC3CC3)ncnc2c1C(=O)NC1CCC(NC(=O)CN(C)C)CC1. The second-order valence-corrected chi connectivity index (χ2v) is 11.2. The van der Waals surface area contributed by atoms with Gasteiger partial charge in [-0.2, -0.15) is 0 Å². The van der Waals surface area contributed by atoms with E-state index in [0.717, 1.165) is 38.5 Å².